The molecule has 0 radical (unpaired) electrons. The number of halogens is 1. The summed E-state index contributed by atoms with van der Waals surface area (Å²) in [6.07, 6.45) is 1.53. The Hall–Kier alpha value is -1.83. The van der Waals surface area contributed by atoms with Crippen molar-refractivity contribution in [2.45, 2.75) is 11.4 Å². The van der Waals surface area contributed by atoms with E-state index in [2.05, 4.69) is 9.71 Å². The number of sulfonamides is 1. The Kier molecular flexibility index (Phi) is 4.66. The molecule has 3 N–H and O–H groups in total. The van der Waals surface area contributed by atoms with Gasteiger partial charge in [-0.05, 0) is 23.8 Å². The summed E-state index contributed by atoms with van der Waals surface area (Å²) in [7, 11) is -2.24. The van der Waals surface area contributed by atoms with Crippen molar-refractivity contribution in [3.05, 3.63) is 47.1 Å². The van der Waals surface area contributed by atoms with Gasteiger partial charge in [-0.15, -0.1) is 0 Å². The van der Waals surface area contributed by atoms with Crippen LogP contribution < -0.4 is 15.2 Å². The molecule has 8 heteroatoms. The van der Waals surface area contributed by atoms with Gasteiger partial charge in [-0.1, -0.05) is 17.7 Å². The van der Waals surface area contributed by atoms with E-state index in [0.29, 0.717) is 17.1 Å². The fourth-order valence-corrected chi connectivity index (χ4v) is 3.17. The zero-order valence-corrected chi connectivity index (χ0v) is 12.8. The standard InChI is InChI=1S/C13H14ClN3O3S/c1-20-13-5-2-9(7-16-13)8-17-21(18,19)12-6-10(15)3-4-11(12)14/h2-7,17H,8,15H2,1H3. The Labute approximate surface area is 128 Å². The van der Waals surface area contributed by atoms with E-state index in [-0.39, 0.29) is 16.5 Å². The molecule has 0 aliphatic heterocycles. The normalized spacial score (nSPS) is 11.3. The molecule has 2 aromatic rings. The SMILES string of the molecule is COc1ccc(CNS(=O)(=O)c2cc(N)ccc2Cl)cn1. The van der Waals surface area contributed by atoms with Crippen LogP contribution in [-0.4, -0.2) is 20.5 Å². The average molecular weight is 328 g/mol. The van der Waals surface area contributed by atoms with Gasteiger partial charge in [0.15, 0.2) is 0 Å². The highest BCUT2D eigenvalue weighted by Crippen LogP contribution is 2.23. The largest absolute Gasteiger partial charge is 0.481 e. The lowest BCUT2D eigenvalue weighted by molar-refractivity contribution is 0.397. The molecule has 0 atom stereocenters. The van der Waals surface area contributed by atoms with Gasteiger partial charge in [0.1, 0.15) is 4.90 Å². The van der Waals surface area contributed by atoms with Crippen molar-refractivity contribution in [1.82, 2.24) is 9.71 Å². The van der Waals surface area contributed by atoms with Gasteiger partial charge < -0.3 is 10.5 Å². The number of hydrogen-bond donors (Lipinski definition) is 2. The van der Waals surface area contributed by atoms with E-state index in [4.69, 9.17) is 22.1 Å². The van der Waals surface area contributed by atoms with Crippen molar-refractivity contribution in [3.63, 3.8) is 0 Å². The van der Waals surface area contributed by atoms with Crippen LogP contribution in [0.1, 0.15) is 5.56 Å². The van der Waals surface area contributed by atoms with E-state index in [0.717, 1.165) is 0 Å². The molecule has 1 aromatic heterocycles. The molecule has 0 aliphatic rings. The quantitative estimate of drug-likeness (QED) is 0.817. The molecular weight excluding hydrogens is 314 g/mol. The third kappa shape index (κ3) is 3.84. The van der Waals surface area contributed by atoms with Crippen molar-refractivity contribution < 1.29 is 13.2 Å². The molecule has 112 valence electrons. The van der Waals surface area contributed by atoms with Crippen LogP contribution in [0.3, 0.4) is 0 Å². The van der Waals surface area contributed by atoms with Crippen molar-refractivity contribution in [2.75, 3.05) is 12.8 Å². The number of nitrogens with one attached hydrogen (secondary N) is 1. The minimum Gasteiger partial charge on any atom is -0.481 e. The summed E-state index contributed by atoms with van der Waals surface area (Å²) >= 11 is 5.90. The molecule has 6 nitrogen and oxygen atoms in total. The fourth-order valence-electron chi connectivity index (χ4n) is 1.62. The van der Waals surface area contributed by atoms with E-state index in [1.807, 2.05) is 0 Å². The topological polar surface area (TPSA) is 94.3 Å². The number of pyridine rings is 1. The molecule has 0 spiro atoms. The average Bonchev–Trinajstić information content (AvgIpc) is 2.48. The Morgan fingerprint density at radius 3 is 2.71 bits per heavy atom. The minimum atomic E-state index is -3.75. The summed E-state index contributed by atoms with van der Waals surface area (Å²) in [6, 6.07) is 7.67. The Bertz CT molecular complexity index is 733. The van der Waals surface area contributed by atoms with Gasteiger partial charge in [0.05, 0.1) is 12.1 Å². The van der Waals surface area contributed by atoms with Crippen molar-refractivity contribution >= 4 is 27.3 Å². The van der Waals surface area contributed by atoms with Gasteiger partial charge in [0.2, 0.25) is 15.9 Å². The van der Waals surface area contributed by atoms with E-state index in [1.54, 1.807) is 12.1 Å². The predicted octanol–water partition coefficient (Wildman–Crippen LogP) is 1.80. The molecule has 0 amide bonds. The molecule has 0 saturated heterocycles. The second kappa shape index (κ2) is 6.30. The van der Waals surface area contributed by atoms with Crippen LogP contribution >= 0.6 is 11.6 Å². The molecular formula is C13H14ClN3O3S. The lowest BCUT2D eigenvalue weighted by Gasteiger charge is -2.09. The number of nitrogen functional groups attached to an aromatic ring is 1. The molecule has 2 rings (SSSR count). The summed E-state index contributed by atoms with van der Waals surface area (Å²) in [4.78, 5) is 3.95. The third-order valence-electron chi connectivity index (χ3n) is 2.72. The van der Waals surface area contributed by atoms with Crippen molar-refractivity contribution in [3.8, 4) is 5.88 Å². The number of methoxy groups -OCH3 is 1. The first kappa shape index (κ1) is 15.6. The second-order valence-corrected chi connectivity index (χ2v) is 6.37. The first-order valence-corrected chi connectivity index (χ1v) is 7.82. The van der Waals surface area contributed by atoms with Crippen LogP contribution in [0.15, 0.2) is 41.4 Å². The maximum absolute atomic E-state index is 12.2. The van der Waals surface area contributed by atoms with Crippen LogP contribution in [0, 0.1) is 0 Å². The number of anilines is 1. The monoisotopic (exact) mass is 327 g/mol. The highest BCUT2D eigenvalue weighted by molar-refractivity contribution is 7.89. The third-order valence-corrected chi connectivity index (χ3v) is 4.60. The van der Waals surface area contributed by atoms with Crippen LogP contribution in [0.5, 0.6) is 5.88 Å². The second-order valence-electron chi connectivity index (χ2n) is 4.22. The summed E-state index contributed by atoms with van der Waals surface area (Å²) in [6.45, 7) is 0.0878. The lowest BCUT2D eigenvalue weighted by atomic mass is 10.3. The highest BCUT2D eigenvalue weighted by atomic mass is 35.5. The Balaban J connectivity index is 2.15. The lowest BCUT2D eigenvalue weighted by Crippen LogP contribution is -2.23. The zero-order chi connectivity index (χ0) is 15.5. The first-order chi connectivity index (χ1) is 9.92. The van der Waals surface area contributed by atoms with Crippen molar-refractivity contribution in [2.24, 2.45) is 0 Å². The summed E-state index contributed by atoms with van der Waals surface area (Å²) < 4.78 is 31.8. The Morgan fingerprint density at radius 2 is 2.10 bits per heavy atom. The predicted molar refractivity (Wildman–Crippen MR) is 80.7 cm³/mol. The van der Waals surface area contributed by atoms with Crippen LogP contribution in [-0.2, 0) is 16.6 Å². The Morgan fingerprint density at radius 1 is 1.33 bits per heavy atom. The molecule has 0 aliphatic carbocycles. The number of hydrogen-bond acceptors (Lipinski definition) is 5. The van der Waals surface area contributed by atoms with Crippen LogP contribution in [0.2, 0.25) is 5.02 Å². The molecule has 0 fully saturated rings. The zero-order valence-electron chi connectivity index (χ0n) is 11.2. The number of nitrogens with two attached hydrogens (primary N) is 1. The number of aromatic nitrogens is 1. The van der Waals surface area contributed by atoms with Crippen LogP contribution in [0.25, 0.3) is 0 Å². The van der Waals surface area contributed by atoms with Gasteiger partial charge in [-0.3, -0.25) is 0 Å². The van der Waals surface area contributed by atoms with Gasteiger partial charge >= 0.3 is 0 Å². The number of benzene rings is 1. The van der Waals surface area contributed by atoms with E-state index in [9.17, 15) is 8.42 Å². The van der Waals surface area contributed by atoms with Gasteiger partial charge in [0, 0.05) is 24.5 Å². The van der Waals surface area contributed by atoms with Crippen molar-refractivity contribution in [1.29, 1.82) is 0 Å². The van der Waals surface area contributed by atoms with Gasteiger partial charge in [-0.25, -0.2) is 18.1 Å². The molecule has 1 heterocycles. The molecule has 0 unspecified atom stereocenters. The fraction of sp³-hybridized carbons (Fsp3) is 0.154. The van der Waals surface area contributed by atoms with Crippen LogP contribution in [0.4, 0.5) is 5.69 Å². The minimum absolute atomic E-state index is 0.0503. The van der Waals surface area contributed by atoms with E-state index >= 15 is 0 Å². The number of ether oxygens (including phenoxy) is 1. The smallest absolute Gasteiger partial charge is 0.242 e. The molecule has 0 bridgehead atoms. The van der Waals surface area contributed by atoms with Gasteiger partial charge in [-0.2, -0.15) is 0 Å². The highest BCUT2D eigenvalue weighted by Gasteiger charge is 2.18. The number of nitrogens with zero attached hydrogens (tertiary/aromatic N) is 1. The van der Waals surface area contributed by atoms with Gasteiger partial charge in [0.25, 0.3) is 0 Å². The first-order valence-electron chi connectivity index (χ1n) is 5.96. The van der Waals surface area contributed by atoms with E-state index < -0.39 is 10.0 Å². The molecule has 0 saturated carbocycles. The summed E-state index contributed by atoms with van der Waals surface area (Å²) in [5.41, 5.74) is 6.61. The molecule has 21 heavy (non-hydrogen) atoms. The number of rotatable bonds is 5. The summed E-state index contributed by atoms with van der Waals surface area (Å²) in [5.74, 6) is 0.459. The maximum Gasteiger partial charge on any atom is 0.242 e. The summed E-state index contributed by atoms with van der Waals surface area (Å²) in [5, 5.41) is 0.115. The maximum atomic E-state index is 12.2. The van der Waals surface area contributed by atoms with E-state index in [1.165, 1.54) is 31.5 Å². The molecule has 1 aromatic carbocycles.